The normalized spacial score (nSPS) is 12.1. The highest BCUT2D eigenvalue weighted by atomic mass is 16.4. The van der Waals surface area contributed by atoms with Crippen molar-refractivity contribution in [3.63, 3.8) is 0 Å². The average Bonchev–Trinajstić information content (AvgIpc) is 2.71. The molecular weight excluding hydrogens is 210 g/mol. The van der Waals surface area contributed by atoms with Gasteiger partial charge in [0, 0.05) is 19.2 Å². The number of imidazole rings is 1. The molecule has 1 atom stereocenters. The molecule has 0 saturated heterocycles. The SMILES string of the molecule is CCC(C(=O)O)C(=O)NCCc1c[nH]cn1. The van der Waals surface area contributed by atoms with Gasteiger partial charge in [-0.3, -0.25) is 9.59 Å². The quantitative estimate of drug-likeness (QED) is 0.602. The van der Waals surface area contributed by atoms with E-state index in [0.29, 0.717) is 19.4 Å². The summed E-state index contributed by atoms with van der Waals surface area (Å²) in [7, 11) is 0. The van der Waals surface area contributed by atoms with Gasteiger partial charge in [0.05, 0.1) is 12.0 Å². The second-order valence-electron chi connectivity index (χ2n) is 3.40. The summed E-state index contributed by atoms with van der Waals surface area (Å²) < 4.78 is 0. The third kappa shape index (κ3) is 3.38. The van der Waals surface area contributed by atoms with Crippen molar-refractivity contribution < 1.29 is 14.7 Å². The molecular formula is C10H15N3O3. The summed E-state index contributed by atoms with van der Waals surface area (Å²) in [5.74, 6) is -2.48. The molecule has 6 heteroatoms. The molecule has 0 bridgehead atoms. The zero-order valence-corrected chi connectivity index (χ0v) is 9.06. The molecule has 0 aliphatic carbocycles. The molecule has 0 spiro atoms. The number of carbonyl (C=O) groups is 2. The summed E-state index contributed by atoms with van der Waals surface area (Å²) in [4.78, 5) is 28.9. The molecule has 0 fully saturated rings. The Balaban J connectivity index is 2.32. The predicted octanol–water partition coefficient (Wildman–Crippen LogP) is 0.179. The van der Waals surface area contributed by atoms with Crippen LogP contribution in [0, 0.1) is 5.92 Å². The van der Waals surface area contributed by atoms with E-state index in [1.165, 1.54) is 0 Å². The Morgan fingerprint density at radius 1 is 1.62 bits per heavy atom. The van der Waals surface area contributed by atoms with Gasteiger partial charge in [-0.25, -0.2) is 4.98 Å². The van der Waals surface area contributed by atoms with Crippen LogP contribution < -0.4 is 5.32 Å². The van der Waals surface area contributed by atoms with Crippen molar-refractivity contribution in [2.75, 3.05) is 6.54 Å². The van der Waals surface area contributed by atoms with Crippen LogP contribution in [0.25, 0.3) is 0 Å². The molecule has 6 nitrogen and oxygen atoms in total. The van der Waals surface area contributed by atoms with E-state index in [-0.39, 0.29) is 0 Å². The fourth-order valence-corrected chi connectivity index (χ4v) is 1.34. The predicted molar refractivity (Wildman–Crippen MR) is 56.7 cm³/mol. The smallest absolute Gasteiger partial charge is 0.316 e. The van der Waals surface area contributed by atoms with Gasteiger partial charge in [0.15, 0.2) is 0 Å². The standard InChI is InChI=1S/C10H15N3O3/c1-2-8(10(15)16)9(14)12-4-3-7-5-11-6-13-7/h5-6,8H,2-4H2,1H3,(H,11,13)(H,12,14)(H,15,16). The molecule has 1 heterocycles. The molecule has 0 aromatic carbocycles. The minimum absolute atomic E-state index is 0.295. The van der Waals surface area contributed by atoms with Crippen molar-refractivity contribution in [2.24, 2.45) is 5.92 Å². The zero-order chi connectivity index (χ0) is 12.0. The summed E-state index contributed by atoms with van der Waals surface area (Å²) in [6, 6.07) is 0. The minimum Gasteiger partial charge on any atom is -0.481 e. The van der Waals surface area contributed by atoms with Gasteiger partial charge in [-0.15, -0.1) is 0 Å². The first kappa shape index (κ1) is 12.2. The third-order valence-electron chi connectivity index (χ3n) is 2.26. The van der Waals surface area contributed by atoms with Crippen molar-refractivity contribution in [2.45, 2.75) is 19.8 Å². The molecule has 1 unspecified atom stereocenters. The van der Waals surface area contributed by atoms with Crippen molar-refractivity contribution in [1.82, 2.24) is 15.3 Å². The van der Waals surface area contributed by atoms with Crippen LogP contribution in [0.15, 0.2) is 12.5 Å². The van der Waals surface area contributed by atoms with E-state index in [2.05, 4.69) is 15.3 Å². The Kier molecular flexibility index (Phi) is 4.50. The number of nitrogens with zero attached hydrogens (tertiary/aromatic N) is 1. The fraction of sp³-hybridized carbons (Fsp3) is 0.500. The second-order valence-corrected chi connectivity index (χ2v) is 3.40. The van der Waals surface area contributed by atoms with Crippen LogP contribution in [0.1, 0.15) is 19.0 Å². The fourth-order valence-electron chi connectivity index (χ4n) is 1.34. The van der Waals surface area contributed by atoms with Gasteiger partial charge in [0.25, 0.3) is 0 Å². The lowest BCUT2D eigenvalue weighted by Gasteiger charge is -2.09. The summed E-state index contributed by atoms with van der Waals surface area (Å²) in [5.41, 5.74) is 0.837. The van der Waals surface area contributed by atoms with Gasteiger partial charge < -0.3 is 15.4 Å². The van der Waals surface area contributed by atoms with Crippen molar-refractivity contribution in [1.29, 1.82) is 0 Å². The number of amides is 1. The van der Waals surface area contributed by atoms with Gasteiger partial charge in [-0.05, 0) is 6.42 Å². The summed E-state index contributed by atoms with van der Waals surface area (Å²) >= 11 is 0. The van der Waals surface area contributed by atoms with E-state index in [9.17, 15) is 9.59 Å². The minimum atomic E-state index is -1.08. The van der Waals surface area contributed by atoms with Crippen LogP contribution in [0.2, 0.25) is 0 Å². The van der Waals surface area contributed by atoms with E-state index in [4.69, 9.17) is 5.11 Å². The number of aromatic amines is 1. The van der Waals surface area contributed by atoms with Crippen LogP contribution >= 0.6 is 0 Å². The number of rotatable bonds is 6. The maximum atomic E-state index is 11.4. The van der Waals surface area contributed by atoms with Gasteiger partial charge >= 0.3 is 5.97 Å². The Hall–Kier alpha value is -1.85. The number of H-pyrrole nitrogens is 1. The number of carboxylic acids is 1. The largest absolute Gasteiger partial charge is 0.481 e. The monoisotopic (exact) mass is 225 g/mol. The molecule has 1 aromatic rings. The maximum absolute atomic E-state index is 11.4. The van der Waals surface area contributed by atoms with Crippen molar-refractivity contribution in [3.8, 4) is 0 Å². The van der Waals surface area contributed by atoms with E-state index >= 15 is 0 Å². The Morgan fingerprint density at radius 2 is 2.38 bits per heavy atom. The van der Waals surface area contributed by atoms with Gasteiger partial charge in [0.1, 0.15) is 5.92 Å². The van der Waals surface area contributed by atoms with Crippen LogP contribution in [0.5, 0.6) is 0 Å². The molecule has 0 aliphatic rings. The Labute approximate surface area is 93.1 Å². The van der Waals surface area contributed by atoms with Crippen molar-refractivity contribution >= 4 is 11.9 Å². The number of nitrogens with one attached hydrogen (secondary N) is 2. The Bertz CT molecular complexity index is 348. The average molecular weight is 225 g/mol. The lowest BCUT2D eigenvalue weighted by molar-refractivity contribution is -0.147. The Morgan fingerprint density at radius 3 is 2.88 bits per heavy atom. The molecule has 1 amide bonds. The van der Waals surface area contributed by atoms with Crippen LogP contribution in [0.3, 0.4) is 0 Å². The van der Waals surface area contributed by atoms with Crippen LogP contribution in [-0.4, -0.2) is 33.5 Å². The van der Waals surface area contributed by atoms with E-state index in [1.807, 2.05) is 0 Å². The number of hydrogen-bond acceptors (Lipinski definition) is 3. The topological polar surface area (TPSA) is 95.1 Å². The molecule has 1 rings (SSSR count). The first-order valence-electron chi connectivity index (χ1n) is 5.13. The molecule has 0 radical (unpaired) electrons. The number of hydrogen-bond donors (Lipinski definition) is 3. The third-order valence-corrected chi connectivity index (χ3v) is 2.26. The number of aromatic nitrogens is 2. The highest BCUT2D eigenvalue weighted by Crippen LogP contribution is 2.02. The molecule has 1 aromatic heterocycles. The van der Waals surface area contributed by atoms with Gasteiger partial charge in [0.2, 0.25) is 5.91 Å². The first-order chi connectivity index (χ1) is 7.65. The van der Waals surface area contributed by atoms with E-state index in [0.717, 1.165) is 5.69 Å². The van der Waals surface area contributed by atoms with Gasteiger partial charge in [-0.2, -0.15) is 0 Å². The summed E-state index contributed by atoms with van der Waals surface area (Å²) in [6.45, 7) is 2.07. The van der Waals surface area contributed by atoms with Crippen molar-refractivity contribution in [3.05, 3.63) is 18.2 Å². The molecule has 16 heavy (non-hydrogen) atoms. The molecule has 0 saturated carbocycles. The second kappa shape index (κ2) is 5.89. The molecule has 88 valence electrons. The van der Waals surface area contributed by atoms with Crippen LogP contribution in [0.4, 0.5) is 0 Å². The lowest BCUT2D eigenvalue weighted by Crippen LogP contribution is -2.36. The molecule has 3 N–H and O–H groups in total. The summed E-state index contributed by atoms with van der Waals surface area (Å²) in [5, 5.41) is 11.3. The van der Waals surface area contributed by atoms with E-state index < -0.39 is 17.8 Å². The maximum Gasteiger partial charge on any atom is 0.316 e. The van der Waals surface area contributed by atoms with E-state index in [1.54, 1.807) is 19.4 Å². The lowest BCUT2D eigenvalue weighted by atomic mass is 10.1. The number of aliphatic carboxylic acids is 1. The zero-order valence-electron chi connectivity index (χ0n) is 9.06. The number of carbonyl (C=O) groups excluding carboxylic acids is 1. The highest BCUT2D eigenvalue weighted by molar-refractivity contribution is 5.96. The molecule has 0 aliphatic heterocycles. The number of carboxylic acid groups (broad SMARTS) is 1. The van der Waals surface area contributed by atoms with Crippen LogP contribution in [-0.2, 0) is 16.0 Å². The summed E-state index contributed by atoms with van der Waals surface area (Å²) in [6.07, 6.45) is 4.18. The van der Waals surface area contributed by atoms with Gasteiger partial charge in [-0.1, -0.05) is 6.92 Å². The first-order valence-corrected chi connectivity index (χ1v) is 5.13. The highest BCUT2D eigenvalue weighted by Gasteiger charge is 2.23.